The Labute approximate surface area is 120 Å². The Balaban J connectivity index is 4.74. The van der Waals surface area contributed by atoms with Gasteiger partial charge in [0.25, 0.3) is 0 Å². The maximum Gasteiger partial charge on any atom is 0.348 e. The summed E-state index contributed by atoms with van der Waals surface area (Å²) in [6.07, 6.45) is 13.1. The molecule has 2 nitrogen and oxygen atoms in total. The Hall–Kier alpha value is -0.360. The summed E-state index contributed by atoms with van der Waals surface area (Å²) in [6.45, 7) is 10.2. The number of rotatable bonds is 12. The molecule has 0 rings (SSSR count). The minimum absolute atomic E-state index is 0.0633. The summed E-state index contributed by atoms with van der Waals surface area (Å²) in [6, 6.07) is 0. The Morgan fingerprint density at radius 2 is 1.42 bits per heavy atom. The van der Waals surface area contributed by atoms with Crippen LogP contribution in [0.25, 0.3) is 0 Å². The van der Waals surface area contributed by atoms with Crippen molar-refractivity contribution in [2.45, 2.75) is 59.3 Å². The maximum atomic E-state index is 11.9. The van der Waals surface area contributed by atoms with Crippen molar-refractivity contribution in [1.82, 2.24) is 0 Å². The van der Waals surface area contributed by atoms with Crippen molar-refractivity contribution in [2.24, 2.45) is 0 Å². The van der Waals surface area contributed by atoms with Gasteiger partial charge in [-0.2, -0.15) is 0 Å². The number of hydrogen-bond donors (Lipinski definition) is 0. The van der Waals surface area contributed by atoms with E-state index in [1.807, 2.05) is 0 Å². The van der Waals surface area contributed by atoms with Gasteiger partial charge in [0, 0.05) is 7.26 Å². The third kappa shape index (κ3) is 8.42. The first-order valence-corrected chi connectivity index (χ1v) is 10.3. The van der Waals surface area contributed by atoms with Crippen molar-refractivity contribution in [2.75, 3.05) is 24.6 Å². The summed E-state index contributed by atoms with van der Waals surface area (Å²) < 4.78 is 4.99. The lowest BCUT2D eigenvalue weighted by molar-refractivity contribution is -0.135. The zero-order valence-corrected chi connectivity index (χ0v) is 14.0. The van der Waals surface area contributed by atoms with Gasteiger partial charge in [-0.1, -0.05) is 46.6 Å². The molecule has 0 radical (unpaired) electrons. The second kappa shape index (κ2) is 11.5. The third-order valence-corrected chi connectivity index (χ3v) is 8.36. The molecule has 0 saturated carbocycles. The van der Waals surface area contributed by atoms with Gasteiger partial charge >= 0.3 is 5.97 Å². The predicted octanol–water partition coefficient (Wildman–Crippen LogP) is 5.09. The monoisotopic (exact) mass is 287 g/mol. The molecule has 0 unspecified atom stereocenters. The lowest BCUT2D eigenvalue weighted by Gasteiger charge is -2.26. The van der Waals surface area contributed by atoms with E-state index in [0.717, 1.165) is 0 Å². The van der Waals surface area contributed by atoms with E-state index in [9.17, 15) is 4.79 Å². The van der Waals surface area contributed by atoms with Gasteiger partial charge in [-0.25, -0.2) is 4.79 Å². The van der Waals surface area contributed by atoms with Gasteiger partial charge in [-0.05, 0) is 19.3 Å². The number of carbonyl (C=O) groups excluding carboxylic acids is 1. The van der Waals surface area contributed by atoms with Crippen LogP contribution in [0.5, 0.6) is 0 Å². The van der Waals surface area contributed by atoms with Crippen molar-refractivity contribution in [3.8, 4) is 0 Å². The minimum atomic E-state index is -1.15. The zero-order chi connectivity index (χ0) is 14.6. The summed E-state index contributed by atoms with van der Waals surface area (Å²) in [7, 11) is -1.15. The van der Waals surface area contributed by atoms with E-state index in [-0.39, 0.29) is 5.97 Å². The molecule has 19 heavy (non-hydrogen) atoms. The number of unbranched alkanes of at least 4 members (excludes halogenated alkanes) is 3. The minimum Gasteiger partial charge on any atom is -0.432 e. The van der Waals surface area contributed by atoms with Crippen LogP contribution in [0, 0.1) is 0 Å². The molecule has 112 valence electrons. The van der Waals surface area contributed by atoms with Crippen LogP contribution in [0.1, 0.15) is 59.3 Å². The summed E-state index contributed by atoms with van der Waals surface area (Å²) >= 11 is 0. The van der Waals surface area contributed by atoms with Crippen LogP contribution in [0.2, 0.25) is 0 Å². The molecule has 0 aliphatic carbocycles. The molecule has 3 heteroatoms. The van der Waals surface area contributed by atoms with Gasteiger partial charge in [-0.3, -0.25) is 0 Å². The first-order chi connectivity index (χ1) is 9.14. The Morgan fingerprint density at radius 1 is 1.00 bits per heavy atom. The number of hydrogen-bond acceptors (Lipinski definition) is 2. The maximum absolute atomic E-state index is 11.9. The van der Waals surface area contributed by atoms with Gasteiger partial charge < -0.3 is 4.74 Å². The molecule has 0 fully saturated rings. The first kappa shape index (κ1) is 18.6. The quantitative estimate of drug-likeness (QED) is 0.284. The molecule has 0 amide bonds. The molecule has 0 aliphatic heterocycles. The predicted molar refractivity (Wildman–Crippen MR) is 87.4 cm³/mol. The van der Waals surface area contributed by atoms with E-state index < -0.39 is 7.26 Å². The van der Waals surface area contributed by atoms with Crippen molar-refractivity contribution in [3.63, 3.8) is 0 Å². The lowest BCUT2D eigenvalue weighted by atomic mass is 10.4. The molecule has 0 heterocycles. The second-order valence-electron chi connectivity index (χ2n) is 5.39. The van der Waals surface area contributed by atoms with Crippen molar-refractivity contribution >= 4 is 13.2 Å². The molecular formula is C16H32O2P+. The van der Waals surface area contributed by atoms with Crippen molar-refractivity contribution in [1.29, 1.82) is 0 Å². The van der Waals surface area contributed by atoms with E-state index in [4.69, 9.17) is 4.74 Å². The summed E-state index contributed by atoms with van der Waals surface area (Å²) in [5, 5.41) is 0. The average molecular weight is 287 g/mol. The fourth-order valence-corrected chi connectivity index (χ4v) is 7.19. The molecule has 0 N–H and O–H groups in total. The van der Waals surface area contributed by atoms with E-state index in [1.165, 1.54) is 63.3 Å². The molecule has 0 aromatic carbocycles. The molecule has 0 bridgehead atoms. The molecular weight excluding hydrogens is 255 g/mol. The van der Waals surface area contributed by atoms with E-state index in [1.54, 1.807) is 0 Å². The second-order valence-corrected chi connectivity index (χ2v) is 9.73. The topological polar surface area (TPSA) is 26.3 Å². The summed E-state index contributed by atoms with van der Waals surface area (Å²) in [5.41, 5.74) is 0. The van der Waals surface area contributed by atoms with E-state index >= 15 is 0 Å². The van der Waals surface area contributed by atoms with Crippen LogP contribution in [0.4, 0.5) is 0 Å². The van der Waals surface area contributed by atoms with Crippen molar-refractivity contribution < 1.29 is 9.53 Å². The van der Waals surface area contributed by atoms with Gasteiger partial charge in [0.15, 0.2) is 6.16 Å². The molecule has 0 aliphatic rings. The molecule has 0 aromatic rings. The Kier molecular flexibility index (Phi) is 11.2. The highest BCUT2D eigenvalue weighted by Crippen LogP contribution is 2.60. The van der Waals surface area contributed by atoms with Gasteiger partial charge in [0.2, 0.25) is 0 Å². The van der Waals surface area contributed by atoms with Crippen LogP contribution in [0.3, 0.4) is 0 Å². The van der Waals surface area contributed by atoms with Crippen LogP contribution in [-0.4, -0.2) is 30.6 Å². The molecule has 0 saturated heterocycles. The van der Waals surface area contributed by atoms with Crippen molar-refractivity contribution in [3.05, 3.63) is 12.8 Å². The highest BCUT2D eigenvalue weighted by molar-refractivity contribution is 7.76. The smallest absolute Gasteiger partial charge is 0.348 e. The van der Waals surface area contributed by atoms with Crippen LogP contribution in [-0.2, 0) is 9.53 Å². The molecule has 0 spiro atoms. The summed E-state index contributed by atoms with van der Waals surface area (Å²) in [5.74, 6) is -0.0633. The number of esters is 1. The van der Waals surface area contributed by atoms with Gasteiger partial charge in [0.1, 0.15) is 0 Å². The normalized spacial score (nSPS) is 11.3. The van der Waals surface area contributed by atoms with Gasteiger partial charge in [0.05, 0.1) is 24.7 Å². The Morgan fingerprint density at radius 3 is 1.74 bits per heavy atom. The van der Waals surface area contributed by atoms with Crippen LogP contribution >= 0.6 is 7.26 Å². The number of carbonyl (C=O) groups is 1. The van der Waals surface area contributed by atoms with Crippen LogP contribution in [0.15, 0.2) is 12.8 Å². The highest BCUT2D eigenvalue weighted by atomic mass is 31.2. The molecule has 0 aromatic heterocycles. The van der Waals surface area contributed by atoms with E-state index in [2.05, 4.69) is 27.4 Å². The zero-order valence-electron chi connectivity index (χ0n) is 13.1. The van der Waals surface area contributed by atoms with E-state index in [0.29, 0.717) is 6.16 Å². The third-order valence-electron chi connectivity index (χ3n) is 3.64. The average Bonchev–Trinajstić information content (AvgIpc) is 2.40. The fourth-order valence-electron chi connectivity index (χ4n) is 2.46. The largest absolute Gasteiger partial charge is 0.432 e. The SMILES string of the molecule is C=COC(=O)C[P+](CCCC)(CCCC)CCCC. The fraction of sp³-hybridized carbons (Fsp3) is 0.812. The number of ether oxygens (including phenoxy) is 1. The Bertz CT molecular complexity index is 229. The standard InChI is InChI=1S/C16H32O2P/c1-5-9-12-19(13-10-6-2,14-11-7-3)15-16(17)18-8-4/h8H,4-7,9-15H2,1-3H3/q+1. The van der Waals surface area contributed by atoms with Gasteiger partial charge in [-0.15, -0.1) is 0 Å². The van der Waals surface area contributed by atoms with Crippen LogP contribution < -0.4 is 0 Å². The highest BCUT2D eigenvalue weighted by Gasteiger charge is 2.38. The first-order valence-electron chi connectivity index (χ1n) is 7.79. The summed E-state index contributed by atoms with van der Waals surface area (Å²) in [4.78, 5) is 11.9. The lowest BCUT2D eigenvalue weighted by Crippen LogP contribution is -2.19. The molecule has 0 atom stereocenters.